The van der Waals surface area contributed by atoms with Crippen LogP contribution < -0.4 is 10.4 Å². The largest absolute Gasteiger partial charge is 0.406 e. The fraction of sp³-hybridized carbons (Fsp3) is 0.0833. The minimum absolute atomic E-state index is 0.269. The van der Waals surface area contributed by atoms with Crippen LogP contribution in [-0.4, -0.2) is 19.7 Å². The van der Waals surface area contributed by atoms with Crippen molar-refractivity contribution in [1.82, 2.24) is 19.7 Å². The first-order chi connectivity index (χ1) is 8.84. The van der Waals surface area contributed by atoms with Crippen LogP contribution in [0.2, 0.25) is 0 Å². The Morgan fingerprint density at radius 3 is 2.89 bits per heavy atom. The lowest BCUT2D eigenvalue weighted by Crippen LogP contribution is -2.12. The molecule has 3 aromatic rings. The minimum atomic E-state index is -0.276. The van der Waals surface area contributed by atoms with E-state index in [0.717, 1.165) is 5.56 Å². The van der Waals surface area contributed by atoms with Crippen LogP contribution >= 0.6 is 0 Å². The second kappa shape index (κ2) is 4.33. The van der Waals surface area contributed by atoms with Gasteiger partial charge in [-0.2, -0.15) is 4.73 Å². The summed E-state index contributed by atoms with van der Waals surface area (Å²) in [6.45, 7) is 0.390. The van der Waals surface area contributed by atoms with Gasteiger partial charge in [0, 0.05) is 0 Å². The van der Waals surface area contributed by atoms with Gasteiger partial charge < -0.3 is 9.82 Å². The fourth-order valence-electron chi connectivity index (χ4n) is 1.64. The Labute approximate surface area is 102 Å². The number of nitrogens with zero attached hydrogens (tertiary/aromatic N) is 3. The number of nitrogens with one attached hydrogen (secondary N) is 1. The molecule has 1 aromatic carbocycles. The highest BCUT2D eigenvalue weighted by Crippen LogP contribution is 2.04. The first-order valence-electron chi connectivity index (χ1n) is 5.42. The first kappa shape index (κ1) is 10.5. The predicted octanol–water partition coefficient (Wildman–Crippen LogP) is 0.748. The third kappa shape index (κ3) is 1.84. The molecule has 0 aliphatic rings. The van der Waals surface area contributed by atoms with Crippen molar-refractivity contribution >= 4 is 11.2 Å². The molecular formula is C12H10N4O2. The fourth-order valence-corrected chi connectivity index (χ4v) is 1.64. The molecule has 18 heavy (non-hydrogen) atoms. The van der Waals surface area contributed by atoms with Crippen molar-refractivity contribution in [2.45, 2.75) is 6.61 Å². The van der Waals surface area contributed by atoms with Gasteiger partial charge in [0.2, 0.25) is 5.65 Å². The van der Waals surface area contributed by atoms with E-state index in [-0.39, 0.29) is 11.1 Å². The van der Waals surface area contributed by atoms with Gasteiger partial charge in [0.15, 0.2) is 5.52 Å². The number of aromatic amines is 1. The molecule has 0 radical (unpaired) electrons. The lowest BCUT2D eigenvalue weighted by Gasteiger charge is -2.05. The molecule has 0 saturated heterocycles. The standard InChI is InChI=1S/C12H10N4O2/c17-12-10-11(13-7-14-12)16(8-15-10)18-6-9-4-2-1-3-5-9/h1-5,7-8H,6H2,(H,13,14,17). The van der Waals surface area contributed by atoms with Crippen LogP contribution in [0.15, 0.2) is 47.8 Å². The molecule has 0 bridgehead atoms. The van der Waals surface area contributed by atoms with Crippen LogP contribution in [0, 0.1) is 0 Å². The normalized spacial score (nSPS) is 10.7. The van der Waals surface area contributed by atoms with E-state index >= 15 is 0 Å². The molecule has 0 amide bonds. The van der Waals surface area contributed by atoms with Crippen molar-refractivity contribution < 1.29 is 4.84 Å². The Balaban J connectivity index is 1.88. The molecule has 3 rings (SSSR count). The van der Waals surface area contributed by atoms with E-state index in [1.807, 2.05) is 30.3 Å². The van der Waals surface area contributed by atoms with Gasteiger partial charge in [-0.3, -0.25) is 4.79 Å². The number of H-pyrrole nitrogens is 1. The first-order valence-corrected chi connectivity index (χ1v) is 5.42. The van der Waals surface area contributed by atoms with E-state index in [2.05, 4.69) is 15.0 Å². The molecule has 6 nitrogen and oxygen atoms in total. The zero-order valence-electron chi connectivity index (χ0n) is 9.41. The highest BCUT2D eigenvalue weighted by atomic mass is 16.7. The third-order valence-corrected chi connectivity index (χ3v) is 2.52. The number of hydrogen-bond acceptors (Lipinski definition) is 4. The summed E-state index contributed by atoms with van der Waals surface area (Å²) < 4.78 is 1.40. The lowest BCUT2D eigenvalue weighted by atomic mass is 10.2. The van der Waals surface area contributed by atoms with Crippen molar-refractivity contribution in [1.29, 1.82) is 0 Å². The average molecular weight is 242 g/mol. The Morgan fingerprint density at radius 1 is 1.22 bits per heavy atom. The minimum Gasteiger partial charge on any atom is -0.406 e. The predicted molar refractivity (Wildman–Crippen MR) is 64.9 cm³/mol. The maximum atomic E-state index is 11.4. The van der Waals surface area contributed by atoms with Crippen LogP contribution in [0.25, 0.3) is 11.2 Å². The summed E-state index contributed by atoms with van der Waals surface area (Å²) in [5.74, 6) is 0. The number of rotatable bonds is 3. The van der Waals surface area contributed by atoms with E-state index in [1.165, 1.54) is 17.4 Å². The Morgan fingerprint density at radius 2 is 2.06 bits per heavy atom. The van der Waals surface area contributed by atoms with Crippen LogP contribution in [-0.2, 0) is 6.61 Å². The van der Waals surface area contributed by atoms with Gasteiger partial charge in [-0.25, -0.2) is 9.97 Å². The Hall–Kier alpha value is -2.63. The summed E-state index contributed by atoms with van der Waals surface area (Å²) in [4.78, 5) is 27.4. The van der Waals surface area contributed by atoms with Gasteiger partial charge in [0.1, 0.15) is 12.9 Å². The zero-order valence-corrected chi connectivity index (χ0v) is 9.41. The SMILES string of the molecule is O=c1[nH]cnc2c1ncn2OCc1ccccc1. The van der Waals surface area contributed by atoms with Gasteiger partial charge in [-0.05, 0) is 5.56 Å². The molecular weight excluding hydrogens is 232 g/mol. The Bertz CT molecular complexity index is 718. The van der Waals surface area contributed by atoms with Gasteiger partial charge in [0.25, 0.3) is 5.56 Å². The smallest absolute Gasteiger partial charge is 0.279 e. The number of imidazole rings is 1. The number of hydrogen-bond donors (Lipinski definition) is 1. The summed E-state index contributed by atoms with van der Waals surface area (Å²) in [6.07, 6.45) is 2.77. The molecule has 6 heteroatoms. The molecule has 0 fully saturated rings. The molecule has 2 aromatic heterocycles. The maximum absolute atomic E-state index is 11.4. The number of benzene rings is 1. The molecule has 0 saturated carbocycles. The average Bonchev–Trinajstić information content (AvgIpc) is 2.82. The van der Waals surface area contributed by atoms with Crippen molar-refractivity contribution in [2.24, 2.45) is 0 Å². The summed E-state index contributed by atoms with van der Waals surface area (Å²) in [7, 11) is 0. The molecule has 0 spiro atoms. The second-order valence-corrected chi connectivity index (χ2v) is 3.73. The molecule has 0 aliphatic heterocycles. The molecule has 90 valence electrons. The highest BCUT2D eigenvalue weighted by Gasteiger charge is 2.07. The van der Waals surface area contributed by atoms with E-state index in [0.29, 0.717) is 12.3 Å². The third-order valence-electron chi connectivity index (χ3n) is 2.52. The lowest BCUT2D eigenvalue weighted by molar-refractivity contribution is 0.105. The van der Waals surface area contributed by atoms with E-state index in [4.69, 9.17) is 4.84 Å². The van der Waals surface area contributed by atoms with Crippen molar-refractivity contribution in [2.75, 3.05) is 0 Å². The number of aromatic nitrogens is 4. The maximum Gasteiger partial charge on any atom is 0.279 e. The van der Waals surface area contributed by atoms with Gasteiger partial charge in [0.05, 0.1) is 6.33 Å². The molecule has 0 atom stereocenters. The van der Waals surface area contributed by atoms with E-state index in [9.17, 15) is 4.79 Å². The van der Waals surface area contributed by atoms with Gasteiger partial charge in [-0.15, -0.1) is 0 Å². The van der Waals surface area contributed by atoms with E-state index < -0.39 is 0 Å². The topological polar surface area (TPSA) is 72.8 Å². The van der Waals surface area contributed by atoms with Gasteiger partial charge >= 0.3 is 0 Å². The van der Waals surface area contributed by atoms with Crippen LogP contribution in [0.1, 0.15) is 5.56 Å². The van der Waals surface area contributed by atoms with E-state index in [1.54, 1.807) is 0 Å². The van der Waals surface area contributed by atoms with Gasteiger partial charge in [-0.1, -0.05) is 30.3 Å². The van der Waals surface area contributed by atoms with Crippen LogP contribution in [0.4, 0.5) is 0 Å². The molecule has 0 aliphatic carbocycles. The summed E-state index contributed by atoms with van der Waals surface area (Å²) >= 11 is 0. The Kier molecular flexibility index (Phi) is 2.53. The molecule has 1 N–H and O–H groups in total. The second-order valence-electron chi connectivity index (χ2n) is 3.73. The summed E-state index contributed by atoms with van der Waals surface area (Å²) in [5, 5.41) is 0. The van der Waals surface area contributed by atoms with Crippen LogP contribution in [0.5, 0.6) is 0 Å². The van der Waals surface area contributed by atoms with Crippen LogP contribution in [0.3, 0.4) is 0 Å². The summed E-state index contributed by atoms with van der Waals surface area (Å²) in [6, 6.07) is 9.73. The molecule has 2 heterocycles. The molecule has 0 unspecified atom stereocenters. The zero-order chi connectivity index (χ0) is 12.4. The quantitative estimate of drug-likeness (QED) is 0.735. The van der Waals surface area contributed by atoms with Crippen molar-refractivity contribution in [3.8, 4) is 0 Å². The van der Waals surface area contributed by atoms with Crippen molar-refractivity contribution in [3.05, 3.63) is 58.9 Å². The summed E-state index contributed by atoms with van der Waals surface area (Å²) in [5.41, 5.74) is 1.44. The van der Waals surface area contributed by atoms with Crippen molar-refractivity contribution in [3.63, 3.8) is 0 Å². The monoisotopic (exact) mass is 242 g/mol. The number of fused-ring (bicyclic) bond motifs is 1. The highest BCUT2D eigenvalue weighted by molar-refractivity contribution is 5.68.